The van der Waals surface area contributed by atoms with Crippen LogP contribution in [0.15, 0.2) is 53.4 Å². The summed E-state index contributed by atoms with van der Waals surface area (Å²) in [6.07, 6.45) is 1.99. The molecule has 33 heavy (non-hydrogen) atoms. The molecule has 0 radical (unpaired) electrons. The third-order valence-electron chi connectivity index (χ3n) is 5.68. The number of nitro benzene ring substituents is 1. The number of carbonyl (C=O) groups is 2. The fourth-order valence-corrected chi connectivity index (χ4v) is 5.65. The molecule has 2 aromatic rings. The van der Waals surface area contributed by atoms with Crippen molar-refractivity contribution in [1.29, 1.82) is 0 Å². The van der Waals surface area contributed by atoms with Gasteiger partial charge in [0, 0.05) is 38.3 Å². The molecule has 1 saturated heterocycles. The van der Waals surface area contributed by atoms with Crippen LogP contribution in [-0.4, -0.2) is 76.9 Å². The number of piperazine rings is 1. The van der Waals surface area contributed by atoms with Crippen LogP contribution in [0.4, 0.5) is 5.69 Å². The van der Waals surface area contributed by atoms with Crippen LogP contribution in [0, 0.1) is 10.1 Å². The number of para-hydroxylation sites is 1. The number of fused-ring (bicyclic) bond motifs is 1. The van der Waals surface area contributed by atoms with Gasteiger partial charge in [-0.2, -0.15) is 4.31 Å². The maximum atomic E-state index is 12.9. The number of benzene rings is 2. The number of carboxylic acids is 2. The molecule has 176 valence electrons. The molecule has 4 rings (SSSR count). The highest BCUT2D eigenvalue weighted by molar-refractivity contribution is 7.89. The summed E-state index contributed by atoms with van der Waals surface area (Å²) in [7, 11) is -3.87. The standard InChI is InChI=1S/C19H21N3O4S.C2H2O4/c23-22(24)18-7-3-4-8-19(18)27(25,26)21-11-9-20(10-12-21)17-13-15-5-1-2-6-16(15)14-17;3-1(4)2(5)6/h1-8,17H,9-14H2;(H,3,4)(H,5,6). The second-order valence-electron chi connectivity index (χ2n) is 7.61. The van der Waals surface area contributed by atoms with Gasteiger partial charge in [-0.15, -0.1) is 0 Å². The van der Waals surface area contributed by atoms with Gasteiger partial charge in [-0.25, -0.2) is 18.0 Å². The van der Waals surface area contributed by atoms with Crippen LogP contribution in [0.5, 0.6) is 0 Å². The Hall–Kier alpha value is -3.35. The molecular weight excluding hydrogens is 454 g/mol. The Morgan fingerprint density at radius 2 is 1.36 bits per heavy atom. The van der Waals surface area contributed by atoms with Gasteiger partial charge < -0.3 is 10.2 Å². The predicted octanol–water partition coefficient (Wildman–Crippen LogP) is 1.22. The zero-order chi connectivity index (χ0) is 24.2. The Bertz CT molecular complexity index is 1120. The fraction of sp³-hybridized carbons (Fsp3) is 0.333. The summed E-state index contributed by atoms with van der Waals surface area (Å²) in [5, 5.41) is 26.0. The normalized spacial score (nSPS) is 17.0. The molecule has 0 unspecified atom stereocenters. The lowest BCUT2D eigenvalue weighted by molar-refractivity contribution is -0.387. The van der Waals surface area contributed by atoms with Crippen molar-refractivity contribution in [2.45, 2.75) is 23.8 Å². The van der Waals surface area contributed by atoms with E-state index in [0.717, 1.165) is 12.8 Å². The van der Waals surface area contributed by atoms with Gasteiger partial charge in [0.1, 0.15) is 0 Å². The summed E-state index contributed by atoms with van der Waals surface area (Å²) < 4.78 is 27.2. The molecule has 0 atom stereocenters. The van der Waals surface area contributed by atoms with E-state index >= 15 is 0 Å². The number of hydrogen-bond acceptors (Lipinski definition) is 7. The van der Waals surface area contributed by atoms with E-state index in [-0.39, 0.29) is 10.6 Å². The third-order valence-corrected chi connectivity index (χ3v) is 7.63. The lowest BCUT2D eigenvalue weighted by Crippen LogP contribution is -2.52. The van der Waals surface area contributed by atoms with Crippen molar-refractivity contribution in [1.82, 2.24) is 9.21 Å². The molecule has 0 aromatic heterocycles. The number of aliphatic carboxylic acids is 2. The Morgan fingerprint density at radius 1 is 0.879 bits per heavy atom. The van der Waals surface area contributed by atoms with E-state index in [0.29, 0.717) is 32.2 Å². The molecule has 0 bridgehead atoms. The molecule has 2 N–H and O–H groups in total. The molecule has 1 heterocycles. The van der Waals surface area contributed by atoms with Gasteiger partial charge in [0.25, 0.3) is 5.69 Å². The lowest BCUT2D eigenvalue weighted by atomic mass is 10.1. The number of rotatable bonds is 4. The van der Waals surface area contributed by atoms with E-state index in [1.54, 1.807) is 0 Å². The van der Waals surface area contributed by atoms with E-state index in [9.17, 15) is 18.5 Å². The van der Waals surface area contributed by atoms with E-state index < -0.39 is 26.9 Å². The van der Waals surface area contributed by atoms with Gasteiger partial charge in [0.15, 0.2) is 4.90 Å². The second-order valence-corrected chi connectivity index (χ2v) is 9.51. The first-order chi connectivity index (χ1) is 15.6. The Kier molecular flexibility index (Phi) is 7.41. The smallest absolute Gasteiger partial charge is 0.414 e. The molecule has 0 saturated carbocycles. The number of nitrogens with zero attached hydrogens (tertiary/aromatic N) is 3. The van der Waals surface area contributed by atoms with Gasteiger partial charge >= 0.3 is 11.9 Å². The van der Waals surface area contributed by atoms with Crippen LogP contribution in [0.3, 0.4) is 0 Å². The van der Waals surface area contributed by atoms with Crippen molar-refractivity contribution >= 4 is 27.6 Å². The summed E-state index contributed by atoms with van der Waals surface area (Å²) in [5.41, 5.74) is 2.38. The predicted molar refractivity (Wildman–Crippen MR) is 116 cm³/mol. The van der Waals surface area contributed by atoms with Crippen molar-refractivity contribution in [2.24, 2.45) is 0 Å². The number of nitro groups is 1. The highest BCUT2D eigenvalue weighted by atomic mass is 32.2. The molecular formula is C21H23N3O8S. The summed E-state index contributed by atoms with van der Waals surface area (Å²) >= 11 is 0. The number of sulfonamides is 1. The monoisotopic (exact) mass is 477 g/mol. The Labute approximate surface area is 190 Å². The third kappa shape index (κ3) is 5.53. The maximum Gasteiger partial charge on any atom is 0.414 e. The summed E-state index contributed by atoms with van der Waals surface area (Å²) in [4.78, 5) is 30.9. The van der Waals surface area contributed by atoms with Crippen LogP contribution in [0.2, 0.25) is 0 Å². The van der Waals surface area contributed by atoms with Crippen molar-refractivity contribution in [3.63, 3.8) is 0 Å². The van der Waals surface area contributed by atoms with Crippen LogP contribution in [-0.2, 0) is 32.5 Å². The van der Waals surface area contributed by atoms with Gasteiger partial charge in [-0.1, -0.05) is 36.4 Å². The summed E-state index contributed by atoms with van der Waals surface area (Å²) in [6, 6.07) is 14.4. The van der Waals surface area contributed by atoms with Crippen LogP contribution in [0.25, 0.3) is 0 Å². The van der Waals surface area contributed by atoms with Gasteiger partial charge in [-0.3, -0.25) is 15.0 Å². The van der Waals surface area contributed by atoms with E-state index in [2.05, 4.69) is 29.2 Å². The molecule has 2 aliphatic rings. The van der Waals surface area contributed by atoms with Crippen molar-refractivity contribution < 1.29 is 33.1 Å². The molecule has 1 aliphatic carbocycles. The topological polar surface area (TPSA) is 158 Å². The van der Waals surface area contributed by atoms with Crippen LogP contribution >= 0.6 is 0 Å². The summed E-state index contributed by atoms with van der Waals surface area (Å²) in [6.45, 7) is 1.97. The molecule has 1 fully saturated rings. The first-order valence-corrected chi connectivity index (χ1v) is 11.6. The number of hydrogen-bond donors (Lipinski definition) is 2. The summed E-state index contributed by atoms with van der Waals surface area (Å²) in [5.74, 6) is -3.65. The van der Waals surface area contributed by atoms with Crippen molar-refractivity contribution in [3.8, 4) is 0 Å². The molecule has 0 spiro atoms. The van der Waals surface area contributed by atoms with Gasteiger partial charge in [-0.05, 0) is 30.0 Å². The Balaban J connectivity index is 0.000000454. The quantitative estimate of drug-likeness (QED) is 0.375. The van der Waals surface area contributed by atoms with Crippen LogP contribution in [0.1, 0.15) is 11.1 Å². The van der Waals surface area contributed by atoms with E-state index in [1.807, 2.05) is 0 Å². The van der Waals surface area contributed by atoms with E-state index in [4.69, 9.17) is 19.8 Å². The van der Waals surface area contributed by atoms with Crippen molar-refractivity contribution in [3.05, 3.63) is 69.8 Å². The second kappa shape index (κ2) is 10.1. The average molecular weight is 477 g/mol. The minimum absolute atomic E-state index is 0.225. The SMILES string of the molecule is O=C(O)C(=O)O.O=[N+]([O-])c1ccccc1S(=O)(=O)N1CCN(C2Cc3ccccc3C2)CC1. The minimum atomic E-state index is -3.87. The fourth-order valence-electron chi connectivity index (χ4n) is 4.07. The highest BCUT2D eigenvalue weighted by Crippen LogP contribution is 2.29. The highest BCUT2D eigenvalue weighted by Gasteiger charge is 2.36. The minimum Gasteiger partial charge on any atom is -0.473 e. The molecule has 12 heteroatoms. The molecule has 2 aromatic carbocycles. The first-order valence-electron chi connectivity index (χ1n) is 10.1. The Morgan fingerprint density at radius 3 is 1.85 bits per heavy atom. The maximum absolute atomic E-state index is 12.9. The molecule has 1 aliphatic heterocycles. The lowest BCUT2D eigenvalue weighted by Gasteiger charge is -2.37. The number of carboxylic acid groups (broad SMARTS) is 2. The first kappa shape index (κ1) is 24.3. The average Bonchev–Trinajstić information content (AvgIpc) is 3.24. The van der Waals surface area contributed by atoms with Crippen LogP contribution < -0.4 is 0 Å². The zero-order valence-corrected chi connectivity index (χ0v) is 18.3. The molecule has 11 nitrogen and oxygen atoms in total. The van der Waals surface area contributed by atoms with E-state index in [1.165, 1.54) is 39.7 Å². The largest absolute Gasteiger partial charge is 0.473 e. The van der Waals surface area contributed by atoms with Gasteiger partial charge in [0.05, 0.1) is 4.92 Å². The van der Waals surface area contributed by atoms with Crippen molar-refractivity contribution in [2.75, 3.05) is 26.2 Å². The zero-order valence-electron chi connectivity index (χ0n) is 17.5. The van der Waals surface area contributed by atoms with Gasteiger partial charge in [0.2, 0.25) is 10.0 Å². The molecule has 0 amide bonds.